The van der Waals surface area contributed by atoms with Crippen molar-refractivity contribution in [3.05, 3.63) is 93.8 Å². The molecule has 0 saturated carbocycles. The number of halogens is 1. The Balaban J connectivity index is 1.75. The zero-order chi connectivity index (χ0) is 22.8. The molecule has 0 bridgehead atoms. The topological polar surface area (TPSA) is 99.6 Å². The summed E-state index contributed by atoms with van der Waals surface area (Å²) < 4.78 is 0. The quantitative estimate of drug-likeness (QED) is 0.614. The van der Waals surface area contributed by atoms with Crippen LogP contribution in [0.3, 0.4) is 0 Å². The first-order valence-corrected chi connectivity index (χ1v) is 10.4. The van der Waals surface area contributed by atoms with Crippen molar-refractivity contribution in [2.45, 2.75) is 25.9 Å². The summed E-state index contributed by atoms with van der Waals surface area (Å²) in [5.41, 5.74) is 2.86. The van der Waals surface area contributed by atoms with Crippen molar-refractivity contribution in [3.63, 3.8) is 0 Å². The molecule has 1 aliphatic rings. The van der Waals surface area contributed by atoms with E-state index < -0.39 is 12.0 Å². The average molecular weight is 450 g/mol. The van der Waals surface area contributed by atoms with Gasteiger partial charge < -0.3 is 15.3 Å². The molecular weight excluding hydrogens is 430 g/mol. The second-order valence-corrected chi connectivity index (χ2v) is 8.04. The first-order chi connectivity index (χ1) is 15.3. The Morgan fingerprint density at radius 2 is 1.97 bits per heavy atom. The van der Waals surface area contributed by atoms with Gasteiger partial charge in [-0.2, -0.15) is 0 Å². The first-order valence-electron chi connectivity index (χ1n) is 9.97. The molecular formula is C24H20ClN3O4. The van der Waals surface area contributed by atoms with E-state index in [-0.39, 0.29) is 30.3 Å². The highest BCUT2D eigenvalue weighted by Gasteiger charge is 2.36. The fourth-order valence-electron chi connectivity index (χ4n) is 3.82. The van der Waals surface area contributed by atoms with Crippen LogP contribution in [-0.2, 0) is 17.8 Å². The van der Waals surface area contributed by atoms with E-state index >= 15 is 0 Å². The number of nitrogens with zero attached hydrogens (tertiary/aromatic N) is 2. The number of carbonyl (C=O) groups is 3. The number of amides is 2. The average Bonchev–Trinajstić information content (AvgIpc) is 2.84. The van der Waals surface area contributed by atoms with Crippen LogP contribution in [0, 0.1) is 6.92 Å². The lowest BCUT2D eigenvalue weighted by atomic mass is 10.0. The number of hydrogen-bond acceptors (Lipinski definition) is 4. The van der Waals surface area contributed by atoms with Crippen LogP contribution < -0.4 is 5.32 Å². The van der Waals surface area contributed by atoms with E-state index in [1.54, 1.807) is 55.6 Å². The summed E-state index contributed by atoms with van der Waals surface area (Å²) in [6, 6.07) is 14.2. The van der Waals surface area contributed by atoms with Gasteiger partial charge in [-0.15, -0.1) is 0 Å². The predicted octanol–water partition coefficient (Wildman–Crippen LogP) is 3.95. The second-order valence-electron chi connectivity index (χ2n) is 7.61. The Kier molecular flexibility index (Phi) is 5.92. The van der Waals surface area contributed by atoms with Crippen LogP contribution in [0.25, 0.3) is 0 Å². The van der Waals surface area contributed by atoms with E-state index in [1.165, 1.54) is 11.0 Å². The molecule has 0 spiro atoms. The van der Waals surface area contributed by atoms with Crippen molar-refractivity contribution in [3.8, 4) is 0 Å². The lowest BCUT2D eigenvalue weighted by molar-refractivity contribution is -0.120. The molecule has 4 rings (SSSR count). The molecule has 2 heterocycles. The Hall–Kier alpha value is -3.71. The zero-order valence-corrected chi connectivity index (χ0v) is 18.0. The van der Waals surface area contributed by atoms with Crippen LogP contribution in [-0.4, -0.2) is 38.8 Å². The molecule has 0 fully saturated rings. The molecule has 0 saturated heterocycles. The van der Waals surface area contributed by atoms with Gasteiger partial charge in [-0.05, 0) is 54.4 Å². The summed E-state index contributed by atoms with van der Waals surface area (Å²) >= 11 is 6.08. The van der Waals surface area contributed by atoms with Crippen molar-refractivity contribution < 1.29 is 19.5 Å². The summed E-state index contributed by atoms with van der Waals surface area (Å²) in [5.74, 6) is -1.68. The minimum Gasteiger partial charge on any atom is -0.478 e. The molecule has 1 atom stereocenters. The number of carboxylic acid groups (broad SMARTS) is 1. The van der Waals surface area contributed by atoms with Gasteiger partial charge in [0.25, 0.3) is 5.91 Å². The highest BCUT2D eigenvalue weighted by atomic mass is 35.5. The molecule has 162 valence electrons. The predicted molar refractivity (Wildman–Crippen MR) is 120 cm³/mol. The van der Waals surface area contributed by atoms with Crippen LogP contribution in [0.4, 0.5) is 5.69 Å². The van der Waals surface area contributed by atoms with Gasteiger partial charge >= 0.3 is 5.97 Å². The van der Waals surface area contributed by atoms with E-state index in [4.69, 9.17) is 11.6 Å². The minimum absolute atomic E-state index is 0.132. The van der Waals surface area contributed by atoms with Gasteiger partial charge in [0.15, 0.2) is 0 Å². The van der Waals surface area contributed by atoms with Gasteiger partial charge in [0.2, 0.25) is 5.91 Å². The lowest BCUT2D eigenvalue weighted by Crippen LogP contribution is -2.46. The summed E-state index contributed by atoms with van der Waals surface area (Å²) in [6.45, 7) is 1.83. The minimum atomic E-state index is -1.02. The number of nitrogens with one attached hydrogen (secondary N) is 1. The van der Waals surface area contributed by atoms with Gasteiger partial charge in [-0.1, -0.05) is 29.8 Å². The van der Waals surface area contributed by atoms with Crippen LogP contribution >= 0.6 is 11.6 Å². The molecule has 0 radical (unpaired) electrons. The van der Waals surface area contributed by atoms with Crippen LogP contribution in [0.15, 0.2) is 60.8 Å². The normalized spacial score (nSPS) is 15.7. The number of pyridine rings is 1. The summed E-state index contributed by atoms with van der Waals surface area (Å²) in [5, 5.41) is 12.5. The number of benzene rings is 2. The number of fused-ring (bicyclic) bond motifs is 1. The summed E-state index contributed by atoms with van der Waals surface area (Å²) in [4.78, 5) is 43.9. The van der Waals surface area contributed by atoms with Crippen LogP contribution in [0.2, 0.25) is 5.02 Å². The van der Waals surface area contributed by atoms with Gasteiger partial charge in [-0.3, -0.25) is 14.6 Å². The molecule has 0 unspecified atom stereocenters. The Bertz CT molecular complexity index is 1210. The third kappa shape index (κ3) is 4.33. The third-order valence-corrected chi connectivity index (χ3v) is 5.65. The number of hydrogen-bond donors (Lipinski definition) is 2. The maximum atomic E-state index is 13.5. The standard InChI is InChI=1S/C24H20ClN3O4/c1-14-10-15(5-7-18(14)24(31)32)13-28-21(12-17-4-2-3-9-26-17)22(29)27-20-11-16(25)6-8-19(20)23(28)30/h2-11,21H,12-13H2,1H3,(H,27,29)(H,31,32)/t21-/m1/s1. The van der Waals surface area contributed by atoms with E-state index in [1.807, 2.05) is 6.07 Å². The molecule has 2 N–H and O–H groups in total. The molecule has 0 aliphatic carbocycles. The second kappa shape index (κ2) is 8.80. The summed E-state index contributed by atoms with van der Waals surface area (Å²) in [6.07, 6.45) is 1.87. The molecule has 8 heteroatoms. The number of aromatic carboxylic acids is 1. The van der Waals surface area contributed by atoms with Crippen molar-refractivity contribution >= 4 is 35.1 Å². The highest BCUT2D eigenvalue weighted by Crippen LogP contribution is 2.29. The molecule has 2 amide bonds. The van der Waals surface area contributed by atoms with Crippen LogP contribution in [0.1, 0.15) is 37.5 Å². The molecule has 3 aromatic rings. The SMILES string of the molecule is Cc1cc(CN2C(=O)c3ccc(Cl)cc3NC(=O)[C@H]2Cc2ccccn2)ccc1C(=O)O. The number of rotatable bonds is 5. The van der Waals surface area contributed by atoms with E-state index in [9.17, 15) is 19.5 Å². The van der Waals surface area contributed by atoms with E-state index in [0.717, 1.165) is 5.56 Å². The maximum absolute atomic E-state index is 13.5. The van der Waals surface area contributed by atoms with Gasteiger partial charge in [0.05, 0.1) is 16.8 Å². The molecule has 1 aliphatic heterocycles. The van der Waals surface area contributed by atoms with E-state index in [2.05, 4.69) is 10.3 Å². The van der Waals surface area contributed by atoms with E-state index in [0.29, 0.717) is 27.5 Å². The van der Waals surface area contributed by atoms with Crippen molar-refractivity contribution in [1.82, 2.24) is 9.88 Å². The molecule has 32 heavy (non-hydrogen) atoms. The molecule has 7 nitrogen and oxygen atoms in total. The first kappa shape index (κ1) is 21.5. The third-order valence-electron chi connectivity index (χ3n) is 5.41. The monoisotopic (exact) mass is 449 g/mol. The maximum Gasteiger partial charge on any atom is 0.335 e. The highest BCUT2D eigenvalue weighted by molar-refractivity contribution is 6.31. The summed E-state index contributed by atoms with van der Waals surface area (Å²) in [7, 11) is 0. The smallest absolute Gasteiger partial charge is 0.335 e. The number of aryl methyl sites for hydroxylation is 1. The van der Waals surface area contributed by atoms with Gasteiger partial charge in [0.1, 0.15) is 6.04 Å². The molecule has 1 aromatic heterocycles. The fraction of sp³-hybridized carbons (Fsp3) is 0.167. The number of carbonyl (C=O) groups excluding carboxylic acids is 2. The number of aromatic nitrogens is 1. The number of anilines is 1. The Morgan fingerprint density at radius 1 is 1.16 bits per heavy atom. The molecule has 2 aromatic carbocycles. The number of carboxylic acids is 1. The lowest BCUT2D eigenvalue weighted by Gasteiger charge is -2.29. The van der Waals surface area contributed by atoms with Crippen molar-refractivity contribution in [2.75, 3.05) is 5.32 Å². The fourth-order valence-corrected chi connectivity index (χ4v) is 3.99. The Labute approximate surface area is 189 Å². The van der Waals surface area contributed by atoms with Crippen LogP contribution in [0.5, 0.6) is 0 Å². The van der Waals surface area contributed by atoms with Crippen molar-refractivity contribution in [1.29, 1.82) is 0 Å². The zero-order valence-electron chi connectivity index (χ0n) is 17.2. The van der Waals surface area contributed by atoms with Gasteiger partial charge in [0, 0.05) is 29.9 Å². The Morgan fingerprint density at radius 3 is 2.66 bits per heavy atom. The largest absolute Gasteiger partial charge is 0.478 e. The van der Waals surface area contributed by atoms with Gasteiger partial charge in [-0.25, -0.2) is 4.79 Å². The van der Waals surface area contributed by atoms with Crippen molar-refractivity contribution in [2.24, 2.45) is 0 Å².